The molecule has 5 N–H and O–H groups in total. The van der Waals surface area contributed by atoms with E-state index in [9.17, 15) is 15.0 Å². The van der Waals surface area contributed by atoms with Gasteiger partial charge < -0.3 is 25.6 Å². The highest BCUT2D eigenvalue weighted by Crippen LogP contribution is 2.46. The van der Waals surface area contributed by atoms with Crippen LogP contribution in [-0.2, 0) is 10.5 Å². The summed E-state index contributed by atoms with van der Waals surface area (Å²) in [4.78, 5) is 17.0. The maximum atomic E-state index is 15.5. The predicted molar refractivity (Wildman–Crippen MR) is 79.8 cm³/mol. The summed E-state index contributed by atoms with van der Waals surface area (Å²) in [6.45, 7) is 0.328. The Hall–Kier alpha value is -2.04. The van der Waals surface area contributed by atoms with Crippen LogP contribution in [0.3, 0.4) is 0 Å². The maximum Gasteiger partial charge on any atom is 0.352 e. The fourth-order valence-electron chi connectivity index (χ4n) is 2.74. The van der Waals surface area contributed by atoms with Crippen molar-refractivity contribution in [1.82, 2.24) is 14.5 Å². The molecule has 10 heteroatoms. The number of amidine groups is 1. The summed E-state index contributed by atoms with van der Waals surface area (Å²) < 4.78 is 21.7. The van der Waals surface area contributed by atoms with Crippen molar-refractivity contribution in [2.75, 3.05) is 26.4 Å². The molecule has 0 unspecified atom stereocenters. The molecule has 9 nitrogen and oxygen atoms in total. The number of ether oxygens (including phenoxy) is 1. The van der Waals surface area contributed by atoms with E-state index in [4.69, 9.17) is 15.9 Å². The lowest BCUT2D eigenvalue weighted by atomic mass is 9.88. The number of nitrogens with zero attached hydrogens (tertiary/aromatic N) is 3. The molecule has 1 aliphatic rings. The van der Waals surface area contributed by atoms with Crippen molar-refractivity contribution in [2.24, 2.45) is 0 Å². The Bertz CT molecular complexity index is 677. The van der Waals surface area contributed by atoms with Gasteiger partial charge in [0.05, 0.1) is 6.61 Å². The van der Waals surface area contributed by atoms with Gasteiger partial charge in [0.1, 0.15) is 18.0 Å². The number of likely N-dealkylation sites (N-methyl/N-ethyl adjacent to an activating group) is 1. The quantitative estimate of drug-likeness (QED) is 0.391. The summed E-state index contributed by atoms with van der Waals surface area (Å²) in [5.74, 6) is -0.498. The largest absolute Gasteiger partial charge is 0.394 e. The molecule has 2 rings (SSSR count). The molecule has 4 atom stereocenters. The van der Waals surface area contributed by atoms with Crippen LogP contribution in [0.2, 0.25) is 0 Å². The number of rotatable bonds is 3. The molecule has 23 heavy (non-hydrogen) atoms. The van der Waals surface area contributed by atoms with Crippen LogP contribution in [0, 0.1) is 5.41 Å². The minimum atomic E-state index is -2.58. The minimum absolute atomic E-state index is 0.0735. The van der Waals surface area contributed by atoms with Crippen LogP contribution in [0.15, 0.2) is 17.1 Å². The average Bonchev–Trinajstić information content (AvgIpc) is 2.67. The van der Waals surface area contributed by atoms with Crippen LogP contribution < -0.4 is 11.4 Å². The number of nitrogen functional groups attached to an aromatic ring is 1. The van der Waals surface area contributed by atoms with Crippen LogP contribution in [0.25, 0.3) is 0 Å². The second-order valence-electron chi connectivity index (χ2n) is 5.75. The molecule has 1 aromatic rings. The Morgan fingerprint density at radius 3 is 2.70 bits per heavy atom. The molecule has 1 fully saturated rings. The van der Waals surface area contributed by atoms with Crippen molar-refractivity contribution in [3.63, 3.8) is 0 Å². The molecule has 0 aromatic carbocycles. The highest BCUT2D eigenvalue weighted by molar-refractivity contribution is 5.87. The number of nitrogens with one attached hydrogen (secondary N) is 1. The molecular formula is C13H20FN5O4. The van der Waals surface area contributed by atoms with E-state index < -0.39 is 41.7 Å². The summed E-state index contributed by atoms with van der Waals surface area (Å²) >= 11 is 0. The highest BCUT2D eigenvalue weighted by atomic mass is 19.1. The number of halogens is 1. The van der Waals surface area contributed by atoms with Gasteiger partial charge in [-0.1, -0.05) is 0 Å². The van der Waals surface area contributed by atoms with E-state index in [1.807, 2.05) is 0 Å². The van der Waals surface area contributed by atoms with E-state index in [1.54, 1.807) is 0 Å². The zero-order valence-corrected chi connectivity index (χ0v) is 13.0. The summed E-state index contributed by atoms with van der Waals surface area (Å²) in [6.07, 6.45) is -1.92. The van der Waals surface area contributed by atoms with Gasteiger partial charge in [-0.3, -0.25) is 9.98 Å². The lowest BCUT2D eigenvalue weighted by Gasteiger charge is -2.40. The SMILES string of the molecule is CN(C)C(=N)[C@@]1(n2ccc(N)nc2=O)O[C@H](CO)[C@@H](O)[C@@]1(C)F. The molecule has 0 spiro atoms. The smallest absolute Gasteiger partial charge is 0.352 e. The van der Waals surface area contributed by atoms with Crippen molar-refractivity contribution >= 4 is 11.7 Å². The van der Waals surface area contributed by atoms with Gasteiger partial charge >= 0.3 is 5.69 Å². The summed E-state index contributed by atoms with van der Waals surface area (Å²) in [6, 6.07) is 1.25. The van der Waals surface area contributed by atoms with Crippen molar-refractivity contribution in [2.45, 2.75) is 30.5 Å². The number of nitrogens with two attached hydrogens (primary N) is 1. The molecule has 1 aliphatic heterocycles. The van der Waals surface area contributed by atoms with Crippen LogP contribution in [0.1, 0.15) is 6.92 Å². The molecule has 0 amide bonds. The van der Waals surface area contributed by atoms with Crippen molar-refractivity contribution < 1.29 is 19.3 Å². The molecule has 0 bridgehead atoms. The summed E-state index contributed by atoms with van der Waals surface area (Å²) in [7, 11) is 2.94. The van der Waals surface area contributed by atoms with Gasteiger partial charge in [0.25, 0.3) is 0 Å². The van der Waals surface area contributed by atoms with Crippen LogP contribution in [0.5, 0.6) is 0 Å². The lowest BCUT2D eigenvalue weighted by molar-refractivity contribution is -0.116. The fraction of sp³-hybridized carbons (Fsp3) is 0.615. The van der Waals surface area contributed by atoms with E-state index in [-0.39, 0.29) is 5.82 Å². The second-order valence-corrected chi connectivity index (χ2v) is 5.75. The molecule has 128 valence electrons. The molecule has 0 radical (unpaired) electrons. The number of alkyl halides is 1. The number of aliphatic hydroxyl groups is 2. The van der Waals surface area contributed by atoms with Gasteiger partial charge in [-0.25, -0.2) is 9.18 Å². The third-order valence-electron chi connectivity index (χ3n) is 4.00. The lowest BCUT2D eigenvalue weighted by Crippen LogP contribution is -2.63. The van der Waals surface area contributed by atoms with Crippen LogP contribution in [0.4, 0.5) is 10.2 Å². The molecule has 1 saturated heterocycles. The van der Waals surface area contributed by atoms with Gasteiger partial charge in [0.2, 0.25) is 5.72 Å². The van der Waals surface area contributed by atoms with E-state index in [0.29, 0.717) is 0 Å². The monoisotopic (exact) mass is 329 g/mol. The second kappa shape index (κ2) is 5.55. The summed E-state index contributed by atoms with van der Waals surface area (Å²) in [5.41, 5.74) is -0.368. The number of hydrogen-bond acceptors (Lipinski definition) is 7. The molecular weight excluding hydrogens is 309 g/mol. The number of anilines is 1. The van der Waals surface area contributed by atoms with Crippen LogP contribution in [-0.4, -0.2) is 69.1 Å². The molecule has 2 heterocycles. The predicted octanol–water partition coefficient (Wildman–Crippen LogP) is -1.50. The molecule has 0 aliphatic carbocycles. The highest BCUT2D eigenvalue weighted by Gasteiger charge is 2.68. The zero-order valence-electron chi connectivity index (χ0n) is 13.0. The molecule has 1 aromatic heterocycles. The third-order valence-corrected chi connectivity index (χ3v) is 4.00. The fourth-order valence-corrected chi connectivity index (χ4v) is 2.74. The number of aliphatic hydroxyl groups excluding tert-OH is 2. The van der Waals surface area contributed by atoms with Gasteiger partial charge in [0, 0.05) is 20.3 Å². The van der Waals surface area contributed by atoms with Gasteiger partial charge in [-0.05, 0) is 13.0 Å². The first-order valence-electron chi connectivity index (χ1n) is 6.87. The Morgan fingerprint density at radius 2 is 2.26 bits per heavy atom. The maximum absolute atomic E-state index is 15.5. The zero-order chi connectivity index (χ0) is 17.6. The Morgan fingerprint density at radius 1 is 1.65 bits per heavy atom. The number of aromatic nitrogens is 2. The number of hydrogen-bond donors (Lipinski definition) is 4. The Balaban J connectivity index is 2.78. The first-order chi connectivity index (χ1) is 10.6. The standard InChI is InChI=1S/C13H20FN5O4/c1-12(14)9(21)7(6-20)23-13(12,10(16)18(2)3)19-5-4-8(15)17-11(19)22/h4-5,7,9,16,20-21H,6H2,1-3H3,(H2,15,17,22)/t7-,9-,12-,13-/m1/s1. The first-order valence-corrected chi connectivity index (χ1v) is 6.87. The van der Waals surface area contributed by atoms with Gasteiger partial charge in [-0.2, -0.15) is 4.98 Å². The Labute approximate surface area is 131 Å². The normalized spacial score (nSPS) is 33.7. The van der Waals surface area contributed by atoms with E-state index in [0.717, 1.165) is 17.7 Å². The van der Waals surface area contributed by atoms with Crippen molar-refractivity contribution in [3.05, 3.63) is 22.7 Å². The topological polar surface area (TPSA) is 138 Å². The summed E-state index contributed by atoms with van der Waals surface area (Å²) in [5, 5.41) is 27.7. The van der Waals surface area contributed by atoms with E-state index >= 15 is 4.39 Å². The van der Waals surface area contributed by atoms with E-state index in [1.165, 1.54) is 25.1 Å². The molecule has 0 saturated carbocycles. The minimum Gasteiger partial charge on any atom is -0.394 e. The Kier molecular flexibility index (Phi) is 4.18. The van der Waals surface area contributed by atoms with Gasteiger partial charge in [0.15, 0.2) is 11.5 Å². The van der Waals surface area contributed by atoms with Crippen molar-refractivity contribution in [1.29, 1.82) is 5.41 Å². The first kappa shape index (κ1) is 17.3. The average molecular weight is 329 g/mol. The van der Waals surface area contributed by atoms with E-state index in [2.05, 4.69) is 4.98 Å². The van der Waals surface area contributed by atoms with Gasteiger partial charge in [-0.15, -0.1) is 0 Å². The van der Waals surface area contributed by atoms with Crippen molar-refractivity contribution in [3.8, 4) is 0 Å². The van der Waals surface area contributed by atoms with Crippen LogP contribution >= 0.6 is 0 Å². The third kappa shape index (κ3) is 2.30.